The summed E-state index contributed by atoms with van der Waals surface area (Å²) in [7, 11) is 1.65. The fourth-order valence-corrected chi connectivity index (χ4v) is 3.19. The third-order valence-corrected chi connectivity index (χ3v) is 4.42. The van der Waals surface area contributed by atoms with Crippen molar-refractivity contribution in [3.8, 4) is 0 Å². The van der Waals surface area contributed by atoms with Gasteiger partial charge in [0.1, 0.15) is 0 Å². The van der Waals surface area contributed by atoms with Crippen molar-refractivity contribution < 1.29 is 9.53 Å². The lowest BCUT2D eigenvalue weighted by Gasteiger charge is -2.25. The Labute approximate surface area is 142 Å². The van der Waals surface area contributed by atoms with Crippen molar-refractivity contribution >= 4 is 11.7 Å². The predicted octanol–water partition coefficient (Wildman–Crippen LogP) is 2.77. The van der Waals surface area contributed by atoms with Gasteiger partial charge in [0.2, 0.25) is 0 Å². The highest BCUT2D eigenvalue weighted by atomic mass is 16.5. The van der Waals surface area contributed by atoms with Gasteiger partial charge in [-0.2, -0.15) is 5.10 Å². The maximum Gasteiger partial charge on any atom is 0.319 e. The van der Waals surface area contributed by atoms with Crippen molar-refractivity contribution in [3.63, 3.8) is 0 Å². The molecule has 1 heterocycles. The Morgan fingerprint density at radius 2 is 2.29 bits per heavy atom. The van der Waals surface area contributed by atoms with Gasteiger partial charge >= 0.3 is 6.03 Å². The molecule has 0 spiro atoms. The molecule has 6 heteroatoms. The number of amides is 2. The van der Waals surface area contributed by atoms with Gasteiger partial charge in [-0.3, -0.25) is 4.68 Å². The van der Waals surface area contributed by atoms with Gasteiger partial charge < -0.3 is 15.4 Å². The van der Waals surface area contributed by atoms with E-state index in [1.807, 2.05) is 0 Å². The van der Waals surface area contributed by atoms with Crippen molar-refractivity contribution in [2.24, 2.45) is 0 Å². The van der Waals surface area contributed by atoms with E-state index in [4.69, 9.17) is 4.74 Å². The summed E-state index contributed by atoms with van der Waals surface area (Å²) in [5.74, 6) is 0.394. The van der Waals surface area contributed by atoms with Crippen LogP contribution in [0.4, 0.5) is 10.5 Å². The molecule has 2 N–H and O–H groups in total. The molecule has 1 atom stereocenters. The number of fused-ring (bicyclic) bond motifs is 1. The minimum absolute atomic E-state index is 0.190. The monoisotopic (exact) mass is 328 g/mol. The molecule has 1 unspecified atom stereocenters. The van der Waals surface area contributed by atoms with Crippen LogP contribution < -0.4 is 10.6 Å². The summed E-state index contributed by atoms with van der Waals surface area (Å²) in [4.78, 5) is 12.1. The first kappa shape index (κ1) is 16.5. The predicted molar refractivity (Wildman–Crippen MR) is 93.2 cm³/mol. The number of rotatable bonds is 6. The van der Waals surface area contributed by atoms with E-state index >= 15 is 0 Å². The van der Waals surface area contributed by atoms with Crippen LogP contribution in [0.15, 0.2) is 36.7 Å². The Kier molecular flexibility index (Phi) is 5.48. The van der Waals surface area contributed by atoms with E-state index < -0.39 is 0 Å². The molecule has 0 saturated heterocycles. The van der Waals surface area contributed by atoms with E-state index in [1.165, 1.54) is 17.5 Å². The number of nitrogens with one attached hydrogen (secondary N) is 2. The minimum atomic E-state index is -0.190. The number of urea groups is 1. The molecular formula is C18H24N4O2. The molecule has 1 aliphatic rings. The SMILES string of the molecule is COCCn1cc(NC(=O)NCC2CCCc3ccccc32)cn1. The maximum atomic E-state index is 12.1. The third kappa shape index (κ3) is 4.14. The first-order valence-corrected chi connectivity index (χ1v) is 8.40. The number of nitrogens with zero attached hydrogens (tertiary/aromatic N) is 2. The highest BCUT2D eigenvalue weighted by Crippen LogP contribution is 2.30. The highest BCUT2D eigenvalue weighted by molar-refractivity contribution is 5.88. The van der Waals surface area contributed by atoms with Crippen LogP contribution in [0, 0.1) is 0 Å². The highest BCUT2D eigenvalue weighted by Gasteiger charge is 2.20. The third-order valence-electron chi connectivity index (χ3n) is 4.42. The molecule has 1 aromatic heterocycles. The molecular weight excluding hydrogens is 304 g/mol. The second kappa shape index (κ2) is 7.97. The van der Waals surface area contributed by atoms with Crippen molar-refractivity contribution in [2.45, 2.75) is 31.7 Å². The molecule has 3 rings (SSSR count). The first-order valence-electron chi connectivity index (χ1n) is 8.40. The van der Waals surface area contributed by atoms with Gasteiger partial charge in [-0.05, 0) is 30.4 Å². The molecule has 0 aliphatic heterocycles. The zero-order valence-electron chi connectivity index (χ0n) is 14.0. The summed E-state index contributed by atoms with van der Waals surface area (Å²) in [5.41, 5.74) is 3.47. The number of aromatic nitrogens is 2. The lowest BCUT2D eigenvalue weighted by molar-refractivity contribution is 0.183. The Hall–Kier alpha value is -2.34. The normalized spacial score (nSPS) is 16.5. The van der Waals surface area contributed by atoms with Crippen LogP contribution in [-0.2, 0) is 17.7 Å². The van der Waals surface area contributed by atoms with Crippen LogP contribution in [0.25, 0.3) is 0 Å². The smallest absolute Gasteiger partial charge is 0.319 e. The van der Waals surface area contributed by atoms with Gasteiger partial charge in [0.25, 0.3) is 0 Å². The molecule has 1 aliphatic carbocycles. The molecule has 24 heavy (non-hydrogen) atoms. The summed E-state index contributed by atoms with van der Waals surface area (Å²) < 4.78 is 6.76. The standard InChI is InChI=1S/C18H24N4O2/c1-24-10-9-22-13-16(12-20-22)21-18(23)19-11-15-7-4-6-14-5-2-3-8-17(14)15/h2-3,5,8,12-13,15H,4,6-7,9-11H2,1H3,(H2,19,21,23). The Bertz CT molecular complexity index is 683. The number of carbonyl (C=O) groups is 1. The van der Waals surface area contributed by atoms with Gasteiger partial charge in [0.15, 0.2) is 0 Å². The molecule has 1 aromatic carbocycles. The average Bonchev–Trinajstić information content (AvgIpc) is 3.05. The first-order chi connectivity index (χ1) is 11.8. The molecule has 0 saturated carbocycles. The van der Waals surface area contributed by atoms with E-state index in [9.17, 15) is 4.79 Å². The Morgan fingerprint density at radius 1 is 1.42 bits per heavy atom. The lowest BCUT2D eigenvalue weighted by atomic mass is 9.83. The summed E-state index contributed by atoms with van der Waals surface area (Å²) >= 11 is 0. The molecule has 2 aromatic rings. The average molecular weight is 328 g/mol. The van der Waals surface area contributed by atoms with E-state index in [0.717, 1.165) is 12.8 Å². The molecule has 2 amide bonds. The van der Waals surface area contributed by atoms with Gasteiger partial charge in [-0.25, -0.2) is 4.79 Å². The second-order valence-electron chi connectivity index (χ2n) is 6.11. The fourth-order valence-electron chi connectivity index (χ4n) is 3.19. The fraction of sp³-hybridized carbons (Fsp3) is 0.444. The number of aryl methyl sites for hydroxylation is 1. The van der Waals surface area contributed by atoms with Crippen LogP contribution >= 0.6 is 0 Å². The quantitative estimate of drug-likeness (QED) is 0.857. The lowest BCUT2D eigenvalue weighted by Crippen LogP contribution is -2.33. The summed E-state index contributed by atoms with van der Waals surface area (Å²) in [6.45, 7) is 1.91. The number of benzene rings is 1. The second-order valence-corrected chi connectivity index (χ2v) is 6.11. The van der Waals surface area contributed by atoms with Crippen LogP contribution in [-0.4, -0.2) is 36.1 Å². The number of hydrogen-bond acceptors (Lipinski definition) is 3. The minimum Gasteiger partial charge on any atom is -0.383 e. The van der Waals surface area contributed by atoms with Crippen LogP contribution in [0.1, 0.15) is 29.9 Å². The molecule has 6 nitrogen and oxygen atoms in total. The Morgan fingerprint density at radius 3 is 3.17 bits per heavy atom. The molecule has 128 valence electrons. The summed E-state index contributed by atoms with van der Waals surface area (Å²) in [6.07, 6.45) is 6.88. The van der Waals surface area contributed by atoms with E-state index in [-0.39, 0.29) is 6.03 Å². The van der Waals surface area contributed by atoms with Gasteiger partial charge in [-0.15, -0.1) is 0 Å². The molecule has 0 fully saturated rings. The van der Waals surface area contributed by atoms with E-state index in [1.54, 1.807) is 24.2 Å². The zero-order valence-corrected chi connectivity index (χ0v) is 14.0. The van der Waals surface area contributed by atoms with E-state index in [0.29, 0.717) is 31.3 Å². The number of hydrogen-bond donors (Lipinski definition) is 2. The van der Waals surface area contributed by atoms with Crippen LogP contribution in [0.3, 0.4) is 0 Å². The number of carbonyl (C=O) groups excluding carboxylic acids is 1. The Balaban J connectivity index is 1.50. The van der Waals surface area contributed by atoms with Gasteiger partial charge in [-0.1, -0.05) is 24.3 Å². The maximum absolute atomic E-state index is 12.1. The summed E-state index contributed by atoms with van der Waals surface area (Å²) in [5, 5.41) is 9.99. The van der Waals surface area contributed by atoms with Crippen molar-refractivity contribution in [1.29, 1.82) is 0 Å². The van der Waals surface area contributed by atoms with Crippen molar-refractivity contribution in [3.05, 3.63) is 47.8 Å². The molecule has 0 radical (unpaired) electrons. The van der Waals surface area contributed by atoms with Crippen LogP contribution in [0.5, 0.6) is 0 Å². The molecule has 0 bridgehead atoms. The van der Waals surface area contributed by atoms with Gasteiger partial charge in [0, 0.05) is 25.8 Å². The van der Waals surface area contributed by atoms with Crippen LogP contribution in [0.2, 0.25) is 0 Å². The summed E-state index contributed by atoms with van der Waals surface area (Å²) in [6, 6.07) is 8.34. The van der Waals surface area contributed by atoms with E-state index in [2.05, 4.69) is 40.0 Å². The van der Waals surface area contributed by atoms with Gasteiger partial charge in [0.05, 0.1) is 25.0 Å². The van der Waals surface area contributed by atoms with Crippen molar-refractivity contribution in [2.75, 3.05) is 25.6 Å². The zero-order chi connectivity index (χ0) is 16.8. The number of methoxy groups -OCH3 is 1. The topological polar surface area (TPSA) is 68.2 Å². The number of ether oxygens (including phenoxy) is 1. The number of anilines is 1. The largest absolute Gasteiger partial charge is 0.383 e. The van der Waals surface area contributed by atoms with Crippen molar-refractivity contribution in [1.82, 2.24) is 15.1 Å².